The standard InChI is InChI=1S/C17H15F3N2O2/c18-11-3-1-4-13(9-11)22-16(23)5-2-8-21-17(24)14-7-6-12(19)10-15(14)20/h1,3-4,6-7,9-10H,2,5,8H2,(H,21,24)(H,22,23). The molecule has 2 aromatic rings. The first-order valence-electron chi connectivity index (χ1n) is 7.24. The molecule has 0 unspecified atom stereocenters. The smallest absolute Gasteiger partial charge is 0.254 e. The molecule has 24 heavy (non-hydrogen) atoms. The molecule has 2 aromatic carbocycles. The van der Waals surface area contributed by atoms with Gasteiger partial charge in [0.1, 0.15) is 17.5 Å². The lowest BCUT2D eigenvalue weighted by Crippen LogP contribution is -2.26. The van der Waals surface area contributed by atoms with Crippen molar-refractivity contribution in [1.29, 1.82) is 0 Å². The Balaban J connectivity index is 1.74. The number of benzene rings is 2. The number of nitrogens with one attached hydrogen (secondary N) is 2. The maximum atomic E-state index is 13.4. The van der Waals surface area contributed by atoms with Gasteiger partial charge in [0.15, 0.2) is 0 Å². The van der Waals surface area contributed by atoms with Crippen molar-refractivity contribution in [3.05, 3.63) is 65.5 Å². The Hall–Kier alpha value is -2.83. The molecule has 0 radical (unpaired) electrons. The molecule has 2 rings (SSSR count). The van der Waals surface area contributed by atoms with E-state index in [1.165, 1.54) is 18.2 Å². The highest BCUT2D eigenvalue weighted by molar-refractivity contribution is 5.94. The molecule has 0 saturated heterocycles. The third-order valence-corrected chi connectivity index (χ3v) is 3.15. The molecule has 0 spiro atoms. The SMILES string of the molecule is O=C(CCCNC(=O)c1ccc(F)cc1F)Nc1cccc(F)c1. The van der Waals surface area contributed by atoms with E-state index in [2.05, 4.69) is 10.6 Å². The summed E-state index contributed by atoms with van der Waals surface area (Å²) in [5.74, 6) is -3.18. The van der Waals surface area contributed by atoms with Crippen LogP contribution in [-0.2, 0) is 4.79 Å². The van der Waals surface area contributed by atoms with Crippen LogP contribution in [0.15, 0.2) is 42.5 Å². The normalized spacial score (nSPS) is 10.3. The second-order valence-electron chi connectivity index (χ2n) is 5.04. The quantitative estimate of drug-likeness (QED) is 0.796. The van der Waals surface area contributed by atoms with Crippen molar-refractivity contribution in [1.82, 2.24) is 5.32 Å². The van der Waals surface area contributed by atoms with E-state index in [0.29, 0.717) is 18.2 Å². The van der Waals surface area contributed by atoms with Crippen molar-refractivity contribution in [3.8, 4) is 0 Å². The van der Waals surface area contributed by atoms with E-state index in [9.17, 15) is 22.8 Å². The van der Waals surface area contributed by atoms with E-state index in [-0.39, 0.29) is 24.4 Å². The number of carbonyl (C=O) groups excluding carboxylic acids is 2. The number of hydrogen-bond donors (Lipinski definition) is 2. The largest absolute Gasteiger partial charge is 0.352 e. The predicted octanol–water partition coefficient (Wildman–Crippen LogP) is 3.25. The average Bonchev–Trinajstić information content (AvgIpc) is 2.51. The summed E-state index contributed by atoms with van der Waals surface area (Å²) in [5.41, 5.74) is 0.0815. The molecule has 0 heterocycles. The second kappa shape index (κ2) is 8.14. The third kappa shape index (κ3) is 5.12. The van der Waals surface area contributed by atoms with Crippen LogP contribution >= 0.6 is 0 Å². The zero-order valence-corrected chi connectivity index (χ0v) is 12.6. The van der Waals surface area contributed by atoms with Crippen molar-refractivity contribution >= 4 is 17.5 Å². The van der Waals surface area contributed by atoms with E-state index in [1.54, 1.807) is 6.07 Å². The molecule has 2 N–H and O–H groups in total. The van der Waals surface area contributed by atoms with Crippen LogP contribution in [0.25, 0.3) is 0 Å². The van der Waals surface area contributed by atoms with E-state index in [0.717, 1.165) is 12.1 Å². The molecule has 0 aliphatic carbocycles. The van der Waals surface area contributed by atoms with Crippen LogP contribution in [0.4, 0.5) is 18.9 Å². The van der Waals surface area contributed by atoms with E-state index < -0.39 is 23.4 Å². The summed E-state index contributed by atoms with van der Waals surface area (Å²) in [5, 5.41) is 4.97. The van der Waals surface area contributed by atoms with E-state index >= 15 is 0 Å². The summed E-state index contributed by atoms with van der Waals surface area (Å²) in [4.78, 5) is 23.4. The van der Waals surface area contributed by atoms with Gasteiger partial charge >= 0.3 is 0 Å². The lowest BCUT2D eigenvalue weighted by Gasteiger charge is -2.07. The van der Waals surface area contributed by atoms with Crippen molar-refractivity contribution in [2.75, 3.05) is 11.9 Å². The van der Waals surface area contributed by atoms with Gasteiger partial charge in [-0.1, -0.05) is 6.07 Å². The summed E-state index contributed by atoms with van der Waals surface area (Å²) < 4.78 is 39.2. The zero-order valence-electron chi connectivity index (χ0n) is 12.6. The molecule has 0 aromatic heterocycles. The zero-order chi connectivity index (χ0) is 17.5. The Morgan fingerprint density at radius 2 is 1.71 bits per heavy atom. The van der Waals surface area contributed by atoms with Crippen LogP contribution in [0.3, 0.4) is 0 Å². The minimum absolute atomic E-state index is 0.0999. The lowest BCUT2D eigenvalue weighted by molar-refractivity contribution is -0.116. The summed E-state index contributed by atoms with van der Waals surface area (Å²) in [6.45, 7) is 0.145. The highest BCUT2D eigenvalue weighted by Gasteiger charge is 2.12. The fraction of sp³-hybridized carbons (Fsp3) is 0.176. The molecular formula is C17H15F3N2O2. The van der Waals surface area contributed by atoms with E-state index in [4.69, 9.17) is 0 Å². The Morgan fingerprint density at radius 1 is 0.958 bits per heavy atom. The number of anilines is 1. The van der Waals surface area contributed by atoms with Crippen LogP contribution in [-0.4, -0.2) is 18.4 Å². The number of carbonyl (C=O) groups is 2. The minimum atomic E-state index is -0.948. The lowest BCUT2D eigenvalue weighted by atomic mass is 10.2. The molecule has 0 aliphatic rings. The van der Waals surface area contributed by atoms with Crippen molar-refractivity contribution in [3.63, 3.8) is 0 Å². The van der Waals surface area contributed by atoms with Gasteiger partial charge in [-0.05, 0) is 36.8 Å². The van der Waals surface area contributed by atoms with Crippen molar-refractivity contribution < 1.29 is 22.8 Å². The highest BCUT2D eigenvalue weighted by Crippen LogP contribution is 2.10. The topological polar surface area (TPSA) is 58.2 Å². The van der Waals surface area contributed by atoms with Crippen LogP contribution < -0.4 is 10.6 Å². The number of rotatable bonds is 6. The van der Waals surface area contributed by atoms with Gasteiger partial charge in [-0.3, -0.25) is 9.59 Å². The Bertz CT molecular complexity index is 750. The maximum absolute atomic E-state index is 13.4. The summed E-state index contributed by atoms with van der Waals surface area (Å²) in [6.07, 6.45) is 0.415. The number of amides is 2. The molecule has 7 heteroatoms. The fourth-order valence-corrected chi connectivity index (χ4v) is 2.01. The predicted molar refractivity (Wildman–Crippen MR) is 83.0 cm³/mol. The van der Waals surface area contributed by atoms with E-state index in [1.807, 2.05) is 0 Å². The van der Waals surface area contributed by atoms with Crippen LogP contribution in [0.5, 0.6) is 0 Å². The van der Waals surface area contributed by atoms with Gasteiger partial charge in [0.05, 0.1) is 5.56 Å². The van der Waals surface area contributed by atoms with Gasteiger partial charge < -0.3 is 10.6 Å². The number of hydrogen-bond acceptors (Lipinski definition) is 2. The Kier molecular flexibility index (Phi) is 5.95. The molecule has 0 atom stereocenters. The Morgan fingerprint density at radius 3 is 2.42 bits per heavy atom. The second-order valence-corrected chi connectivity index (χ2v) is 5.04. The first kappa shape index (κ1) is 17.5. The van der Waals surface area contributed by atoms with Gasteiger partial charge in [-0.2, -0.15) is 0 Å². The van der Waals surface area contributed by atoms with Gasteiger partial charge in [0.25, 0.3) is 5.91 Å². The minimum Gasteiger partial charge on any atom is -0.352 e. The highest BCUT2D eigenvalue weighted by atomic mass is 19.1. The molecule has 4 nitrogen and oxygen atoms in total. The van der Waals surface area contributed by atoms with Crippen LogP contribution in [0.2, 0.25) is 0 Å². The summed E-state index contributed by atoms with van der Waals surface area (Å²) in [6, 6.07) is 8.15. The number of halogens is 3. The van der Waals surface area contributed by atoms with Gasteiger partial charge in [0, 0.05) is 24.7 Å². The first-order valence-corrected chi connectivity index (χ1v) is 7.24. The van der Waals surface area contributed by atoms with Crippen molar-refractivity contribution in [2.45, 2.75) is 12.8 Å². The van der Waals surface area contributed by atoms with Crippen LogP contribution in [0, 0.1) is 17.5 Å². The third-order valence-electron chi connectivity index (χ3n) is 3.15. The van der Waals surface area contributed by atoms with Crippen LogP contribution in [0.1, 0.15) is 23.2 Å². The van der Waals surface area contributed by atoms with Gasteiger partial charge in [-0.25, -0.2) is 13.2 Å². The summed E-state index contributed by atoms with van der Waals surface area (Å²) >= 11 is 0. The molecule has 0 fully saturated rings. The maximum Gasteiger partial charge on any atom is 0.254 e. The van der Waals surface area contributed by atoms with Crippen molar-refractivity contribution in [2.24, 2.45) is 0 Å². The molecule has 0 saturated carbocycles. The fourth-order valence-electron chi connectivity index (χ4n) is 2.01. The molecule has 126 valence electrons. The van der Waals surface area contributed by atoms with Gasteiger partial charge in [0.2, 0.25) is 5.91 Å². The Labute approximate surface area is 136 Å². The molecule has 2 amide bonds. The summed E-state index contributed by atoms with van der Waals surface area (Å²) in [7, 11) is 0. The van der Waals surface area contributed by atoms with Gasteiger partial charge in [-0.15, -0.1) is 0 Å². The average molecular weight is 336 g/mol. The molecule has 0 aliphatic heterocycles. The molecular weight excluding hydrogens is 321 g/mol. The monoisotopic (exact) mass is 336 g/mol. The molecule has 0 bridgehead atoms. The first-order chi connectivity index (χ1) is 11.5.